The van der Waals surface area contributed by atoms with Crippen molar-refractivity contribution in [1.82, 2.24) is 4.90 Å². The average Bonchev–Trinajstić information content (AvgIpc) is 2.72. The van der Waals surface area contributed by atoms with Crippen LogP contribution in [-0.4, -0.2) is 42.0 Å². The lowest BCUT2D eigenvalue weighted by atomic mass is 9.99. The molecule has 3 atom stereocenters. The van der Waals surface area contributed by atoms with Gasteiger partial charge in [-0.25, -0.2) is 0 Å². The van der Waals surface area contributed by atoms with Gasteiger partial charge in [0, 0.05) is 37.6 Å². The summed E-state index contributed by atoms with van der Waals surface area (Å²) in [6, 6.07) is 1.71. The standard InChI is InChI=1S/C11H17NO2/c13-11-5-8-1-2-9(6-11)12(8)10-3-4-14-7-10/h8-10H,1-7H2/t8?,9?,10-/m0/s1. The van der Waals surface area contributed by atoms with E-state index in [4.69, 9.17) is 4.74 Å². The van der Waals surface area contributed by atoms with Crippen LogP contribution in [0.3, 0.4) is 0 Å². The highest BCUT2D eigenvalue weighted by molar-refractivity contribution is 5.81. The van der Waals surface area contributed by atoms with Crippen molar-refractivity contribution in [3.63, 3.8) is 0 Å². The Kier molecular flexibility index (Phi) is 2.10. The van der Waals surface area contributed by atoms with Gasteiger partial charge in [-0.3, -0.25) is 9.69 Å². The van der Waals surface area contributed by atoms with Crippen LogP contribution in [0.4, 0.5) is 0 Å². The van der Waals surface area contributed by atoms with Crippen LogP contribution in [0.5, 0.6) is 0 Å². The fourth-order valence-electron chi connectivity index (χ4n) is 3.36. The predicted octanol–water partition coefficient (Wildman–Crippen LogP) is 0.971. The van der Waals surface area contributed by atoms with E-state index in [-0.39, 0.29) is 0 Å². The Morgan fingerprint density at radius 3 is 2.36 bits per heavy atom. The molecule has 3 nitrogen and oxygen atoms in total. The maximum absolute atomic E-state index is 11.4. The number of carbonyl (C=O) groups is 1. The molecule has 78 valence electrons. The van der Waals surface area contributed by atoms with Crippen LogP contribution in [0.25, 0.3) is 0 Å². The molecule has 2 bridgehead atoms. The zero-order chi connectivity index (χ0) is 9.54. The van der Waals surface area contributed by atoms with Crippen LogP contribution in [0.2, 0.25) is 0 Å². The predicted molar refractivity (Wildman–Crippen MR) is 52.1 cm³/mol. The zero-order valence-electron chi connectivity index (χ0n) is 8.45. The summed E-state index contributed by atoms with van der Waals surface area (Å²) in [4.78, 5) is 14.0. The van der Waals surface area contributed by atoms with Crippen LogP contribution in [0.15, 0.2) is 0 Å². The van der Waals surface area contributed by atoms with Gasteiger partial charge in [0.1, 0.15) is 5.78 Å². The fourth-order valence-corrected chi connectivity index (χ4v) is 3.36. The van der Waals surface area contributed by atoms with E-state index in [9.17, 15) is 4.79 Å². The molecule has 0 spiro atoms. The molecule has 3 heterocycles. The van der Waals surface area contributed by atoms with Gasteiger partial charge in [-0.05, 0) is 19.3 Å². The van der Waals surface area contributed by atoms with E-state index >= 15 is 0 Å². The van der Waals surface area contributed by atoms with E-state index in [1.165, 1.54) is 19.3 Å². The number of ketones is 1. The minimum atomic E-state index is 0.479. The molecule has 0 aromatic carbocycles. The van der Waals surface area contributed by atoms with E-state index in [1.54, 1.807) is 0 Å². The summed E-state index contributed by atoms with van der Waals surface area (Å²) in [5.41, 5.74) is 0. The first kappa shape index (κ1) is 8.86. The molecule has 3 fully saturated rings. The van der Waals surface area contributed by atoms with Crippen molar-refractivity contribution >= 4 is 5.78 Å². The van der Waals surface area contributed by atoms with Crippen LogP contribution < -0.4 is 0 Å². The van der Waals surface area contributed by atoms with Crippen LogP contribution >= 0.6 is 0 Å². The Hall–Kier alpha value is -0.410. The quantitative estimate of drug-likeness (QED) is 0.624. The molecule has 0 N–H and O–H groups in total. The van der Waals surface area contributed by atoms with Crippen LogP contribution in [0.1, 0.15) is 32.1 Å². The molecule has 3 aliphatic rings. The first-order valence-electron chi connectivity index (χ1n) is 5.71. The summed E-state index contributed by atoms with van der Waals surface area (Å²) < 4.78 is 5.43. The molecule has 3 heteroatoms. The maximum Gasteiger partial charge on any atom is 0.136 e. The summed E-state index contributed by atoms with van der Waals surface area (Å²) in [5, 5.41) is 0. The van der Waals surface area contributed by atoms with E-state index < -0.39 is 0 Å². The molecule has 14 heavy (non-hydrogen) atoms. The van der Waals surface area contributed by atoms with Gasteiger partial charge < -0.3 is 4.74 Å². The largest absolute Gasteiger partial charge is 0.380 e. The fraction of sp³-hybridized carbons (Fsp3) is 0.909. The SMILES string of the molecule is O=C1CC2CCC(C1)N2[C@H]1CCOC1. The molecule has 0 saturated carbocycles. The van der Waals surface area contributed by atoms with Gasteiger partial charge in [0.25, 0.3) is 0 Å². The number of piperidine rings is 1. The lowest BCUT2D eigenvalue weighted by Gasteiger charge is -2.37. The van der Waals surface area contributed by atoms with Gasteiger partial charge in [-0.2, -0.15) is 0 Å². The Bertz CT molecular complexity index is 232. The van der Waals surface area contributed by atoms with E-state index in [0.29, 0.717) is 23.9 Å². The smallest absolute Gasteiger partial charge is 0.136 e. The Morgan fingerprint density at radius 1 is 1.07 bits per heavy atom. The number of hydrogen-bond donors (Lipinski definition) is 0. The molecular weight excluding hydrogens is 178 g/mol. The number of fused-ring (bicyclic) bond motifs is 2. The van der Waals surface area contributed by atoms with E-state index in [1.807, 2.05) is 0 Å². The number of carbonyl (C=O) groups excluding carboxylic acids is 1. The second-order valence-corrected chi connectivity index (χ2v) is 4.80. The van der Waals surface area contributed by atoms with Crippen molar-refractivity contribution in [1.29, 1.82) is 0 Å². The molecule has 0 aromatic heterocycles. The molecular formula is C11H17NO2. The van der Waals surface area contributed by atoms with Gasteiger partial charge in [0.05, 0.1) is 6.61 Å². The summed E-state index contributed by atoms with van der Waals surface area (Å²) in [6.07, 6.45) is 5.22. The number of hydrogen-bond acceptors (Lipinski definition) is 3. The first-order valence-corrected chi connectivity index (χ1v) is 5.71. The van der Waals surface area contributed by atoms with Gasteiger partial charge in [-0.1, -0.05) is 0 Å². The summed E-state index contributed by atoms with van der Waals surface area (Å²) >= 11 is 0. The molecule has 3 aliphatic heterocycles. The maximum atomic E-state index is 11.4. The third-order valence-corrected chi connectivity index (χ3v) is 3.93. The van der Waals surface area contributed by atoms with Crippen molar-refractivity contribution in [3.05, 3.63) is 0 Å². The van der Waals surface area contributed by atoms with Gasteiger partial charge in [-0.15, -0.1) is 0 Å². The molecule has 0 aromatic rings. The van der Waals surface area contributed by atoms with Gasteiger partial charge in [0.15, 0.2) is 0 Å². The molecule has 0 radical (unpaired) electrons. The summed E-state index contributed by atoms with van der Waals surface area (Å²) in [7, 11) is 0. The molecule has 3 rings (SSSR count). The summed E-state index contributed by atoms with van der Waals surface area (Å²) in [6.45, 7) is 1.80. The van der Waals surface area contributed by atoms with E-state index in [2.05, 4.69) is 4.90 Å². The number of Topliss-reactive ketones (excluding diaryl/α,β-unsaturated/α-hetero) is 1. The number of rotatable bonds is 1. The zero-order valence-corrected chi connectivity index (χ0v) is 8.45. The minimum Gasteiger partial charge on any atom is -0.380 e. The molecule has 2 unspecified atom stereocenters. The highest BCUT2D eigenvalue weighted by Gasteiger charge is 2.44. The highest BCUT2D eigenvalue weighted by Crippen LogP contribution is 2.37. The third-order valence-electron chi connectivity index (χ3n) is 3.93. The van der Waals surface area contributed by atoms with Crippen molar-refractivity contribution in [2.45, 2.75) is 50.2 Å². The average molecular weight is 195 g/mol. The van der Waals surface area contributed by atoms with Crippen LogP contribution in [-0.2, 0) is 9.53 Å². The van der Waals surface area contributed by atoms with Crippen molar-refractivity contribution in [2.24, 2.45) is 0 Å². The minimum absolute atomic E-state index is 0.479. The van der Waals surface area contributed by atoms with Crippen LogP contribution in [0, 0.1) is 0 Å². The Balaban J connectivity index is 1.77. The lowest BCUT2D eigenvalue weighted by Crippen LogP contribution is -2.49. The van der Waals surface area contributed by atoms with E-state index in [0.717, 1.165) is 26.1 Å². The van der Waals surface area contributed by atoms with Crippen molar-refractivity contribution in [2.75, 3.05) is 13.2 Å². The normalized spacial score (nSPS) is 43.4. The van der Waals surface area contributed by atoms with Gasteiger partial charge in [0.2, 0.25) is 0 Å². The number of nitrogens with zero attached hydrogens (tertiary/aromatic N) is 1. The Morgan fingerprint density at radius 2 is 1.79 bits per heavy atom. The lowest BCUT2D eigenvalue weighted by molar-refractivity contribution is -0.124. The molecule has 3 saturated heterocycles. The molecule has 0 amide bonds. The van der Waals surface area contributed by atoms with Crippen molar-refractivity contribution < 1.29 is 9.53 Å². The second kappa shape index (κ2) is 3.31. The second-order valence-electron chi connectivity index (χ2n) is 4.80. The summed E-state index contributed by atoms with van der Waals surface area (Å²) in [5.74, 6) is 0.479. The number of ether oxygens (including phenoxy) is 1. The third kappa shape index (κ3) is 1.30. The molecule has 0 aliphatic carbocycles. The van der Waals surface area contributed by atoms with Gasteiger partial charge >= 0.3 is 0 Å². The van der Waals surface area contributed by atoms with Crippen molar-refractivity contribution in [3.8, 4) is 0 Å². The topological polar surface area (TPSA) is 29.5 Å². The Labute approximate surface area is 84.4 Å². The monoisotopic (exact) mass is 195 g/mol. The highest BCUT2D eigenvalue weighted by atomic mass is 16.5. The first-order chi connectivity index (χ1) is 6.84.